The number of halogens is 1. The largest absolute Gasteiger partial charge is 0.497 e. The summed E-state index contributed by atoms with van der Waals surface area (Å²) in [6, 6.07) is 4.17. The Morgan fingerprint density at radius 3 is 2.84 bits per heavy atom. The van der Waals surface area contributed by atoms with Crippen LogP contribution in [0.25, 0.3) is 0 Å². The Hall–Kier alpha value is -2.06. The minimum absolute atomic E-state index is 0.341. The minimum atomic E-state index is -0.435. The number of tetrazole rings is 1. The van der Waals surface area contributed by atoms with Gasteiger partial charge in [0, 0.05) is 18.1 Å². The Labute approximate surface area is 109 Å². The molecule has 0 amide bonds. The third kappa shape index (κ3) is 3.04. The molecule has 0 spiro atoms. The summed E-state index contributed by atoms with van der Waals surface area (Å²) in [7, 11) is 3.14. The zero-order valence-electron chi connectivity index (χ0n) is 10.7. The van der Waals surface area contributed by atoms with Gasteiger partial charge in [-0.1, -0.05) is 6.07 Å². The standard InChI is InChI=1S/C11H15FN6O/c1-18-16-11(15-17-18)6-10(14-13)8-4-3-7(19-2)5-9(8)12/h3-5,10,14H,6,13H2,1-2H3. The van der Waals surface area contributed by atoms with Crippen LogP contribution in [0.2, 0.25) is 0 Å². The number of hydrazine groups is 1. The summed E-state index contributed by atoms with van der Waals surface area (Å²) in [6.07, 6.45) is 0.341. The summed E-state index contributed by atoms with van der Waals surface area (Å²) in [5.74, 6) is 6.01. The van der Waals surface area contributed by atoms with E-state index in [4.69, 9.17) is 10.6 Å². The lowest BCUT2D eigenvalue weighted by Crippen LogP contribution is -2.30. The minimum Gasteiger partial charge on any atom is -0.497 e. The quantitative estimate of drug-likeness (QED) is 0.589. The van der Waals surface area contributed by atoms with Crippen molar-refractivity contribution in [2.75, 3.05) is 7.11 Å². The summed E-state index contributed by atoms with van der Waals surface area (Å²) in [5.41, 5.74) is 2.98. The molecule has 7 nitrogen and oxygen atoms in total. The highest BCUT2D eigenvalue weighted by atomic mass is 19.1. The Morgan fingerprint density at radius 2 is 2.32 bits per heavy atom. The summed E-state index contributed by atoms with van der Waals surface area (Å²) in [5, 5.41) is 11.6. The Bertz CT molecular complexity index is 558. The van der Waals surface area contributed by atoms with Gasteiger partial charge in [-0.3, -0.25) is 11.3 Å². The number of ether oxygens (including phenoxy) is 1. The average Bonchev–Trinajstić information content (AvgIpc) is 2.81. The molecule has 8 heteroatoms. The van der Waals surface area contributed by atoms with E-state index < -0.39 is 11.9 Å². The maximum Gasteiger partial charge on any atom is 0.176 e. The fourth-order valence-corrected chi connectivity index (χ4v) is 1.76. The van der Waals surface area contributed by atoms with Crippen molar-refractivity contribution in [1.82, 2.24) is 25.6 Å². The first-order chi connectivity index (χ1) is 9.13. The molecule has 0 bridgehead atoms. The van der Waals surface area contributed by atoms with E-state index in [1.165, 1.54) is 18.0 Å². The van der Waals surface area contributed by atoms with E-state index in [1.807, 2.05) is 0 Å². The smallest absolute Gasteiger partial charge is 0.176 e. The number of hydrogen-bond acceptors (Lipinski definition) is 6. The van der Waals surface area contributed by atoms with Crippen LogP contribution in [0.15, 0.2) is 18.2 Å². The van der Waals surface area contributed by atoms with E-state index in [9.17, 15) is 4.39 Å². The number of benzene rings is 1. The van der Waals surface area contributed by atoms with Gasteiger partial charge in [-0.25, -0.2) is 4.39 Å². The van der Waals surface area contributed by atoms with Gasteiger partial charge in [0.15, 0.2) is 5.82 Å². The van der Waals surface area contributed by atoms with Crippen LogP contribution in [-0.2, 0) is 13.5 Å². The first-order valence-electron chi connectivity index (χ1n) is 5.66. The number of nitrogens with zero attached hydrogens (tertiary/aromatic N) is 4. The highest BCUT2D eigenvalue weighted by Gasteiger charge is 2.18. The van der Waals surface area contributed by atoms with Crippen LogP contribution < -0.4 is 16.0 Å². The lowest BCUT2D eigenvalue weighted by Gasteiger charge is -2.15. The van der Waals surface area contributed by atoms with Crippen LogP contribution in [0.1, 0.15) is 17.4 Å². The second-order valence-corrected chi connectivity index (χ2v) is 4.01. The van der Waals surface area contributed by atoms with Gasteiger partial charge in [-0.2, -0.15) is 4.80 Å². The van der Waals surface area contributed by atoms with Crippen molar-refractivity contribution in [2.45, 2.75) is 12.5 Å². The molecule has 0 saturated carbocycles. The lowest BCUT2D eigenvalue weighted by molar-refractivity contribution is 0.409. The third-order valence-corrected chi connectivity index (χ3v) is 2.72. The number of hydrogen-bond donors (Lipinski definition) is 2. The fraction of sp³-hybridized carbons (Fsp3) is 0.364. The zero-order chi connectivity index (χ0) is 13.8. The normalized spacial score (nSPS) is 12.4. The molecule has 1 unspecified atom stereocenters. The van der Waals surface area contributed by atoms with Crippen molar-refractivity contribution < 1.29 is 9.13 Å². The average molecular weight is 266 g/mol. The Morgan fingerprint density at radius 1 is 1.53 bits per heavy atom. The van der Waals surface area contributed by atoms with Gasteiger partial charge >= 0.3 is 0 Å². The van der Waals surface area contributed by atoms with E-state index >= 15 is 0 Å². The van der Waals surface area contributed by atoms with Crippen LogP contribution in [0.3, 0.4) is 0 Å². The second kappa shape index (κ2) is 5.72. The first-order valence-corrected chi connectivity index (χ1v) is 5.66. The Balaban J connectivity index is 2.21. The number of rotatable bonds is 5. The zero-order valence-corrected chi connectivity index (χ0v) is 10.7. The summed E-state index contributed by atoms with van der Waals surface area (Å²) in [4.78, 5) is 1.34. The van der Waals surface area contributed by atoms with Gasteiger partial charge in [0.2, 0.25) is 0 Å². The molecule has 0 saturated heterocycles. The first kappa shape index (κ1) is 13.4. The molecular formula is C11H15FN6O. The second-order valence-electron chi connectivity index (χ2n) is 4.01. The topological polar surface area (TPSA) is 90.9 Å². The molecule has 0 aliphatic rings. The van der Waals surface area contributed by atoms with Crippen LogP contribution in [0.4, 0.5) is 4.39 Å². The van der Waals surface area contributed by atoms with E-state index in [-0.39, 0.29) is 0 Å². The van der Waals surface area contributed by atoms with E-state index in [0.29, 0.717) is 23.6 Å². The van der Waals surface area contributed by atoms with Crippen molar-refractivity contribution in [3.8, 4) is 5.75 Å². The summed E-state index contributed by atoms with van der Waals surface area (Å²) in [6.45, 7) is 0. The molecule has 0 aliphatic heterocycles. The number of aromatic nitrogens is 4. The van der Waals surface area contributed by atoms with Crippen molar-refractivity contribution in [3.63, 3.8) is 0 Å². The maximum absolute atomic E-state index is 13.9. The van der Waals surface area contributed by atoms with Crippen molar-refractivity contribution in [3.05, 3.63) is 35.4 Å². The van der Waals surface area contributed by atoms with Crippen molar-refractivity contribution in [1.29, 1.82) is 0 Å². The molecule has 1 heterocycles. The van der Waals surface area contributed by atoms with Gasteiger partial charge in [0.1, 0.15) is 11.6 Å². The molecule has 1 aromatic carbocycles. The predicted molar refractivity (Wildman–Crippen MR) is 65.5 cm³/mol. The fourth-order valence-electron chi connectivity index (χ4n) is 1.76. The molecule has 19 heavy (non-hydrogen) atoms. The molecule has 0 aliphatic carbocycles. The highest BCUT2D eigenvalue weighted by Crippen LogP contribution is 2.23. The molecule has 0 radical (unpaired) electrons. The van der Waals surface area contributed by atoms with Gasteiger partial charge < -0.3 is 4.74 Å². The molecule has 2 rings (SSSR count). The monoisotopic (exact) mass is 266 g/mol. The predicted octanol–water partition coefficient (Wildman–Crippen LogP) is 0.105. The van der Waals surface area contributed by atoms with Gasteiger partial charge in [0.05, 0.1) is 20.2 Å². The van der Waals surface area contributed by atoms with Crippen LogP contribution in [0.5, 0.6) is 5.75 Å². The SMILES string of the molecule is COc1ccc(C(Cc2nnn(C)n2)NN)c(F)c1. The highest BCUT2D eigenvalue weighted by molar-refractivity contribution is 5.31. The lowest BCUT2D eigenvalue weighted by atomic mass is 10.0. The number of aryl methyl sites for hydroxylation is 1. The molecule has 2 aromatic rings. The molecule has 3 N–H and O–H groups in total. The molecule has 1 atom stereocenters. The maximum atomic E-state index is 13.9. The molecule has 102 valence electrons. The van der Waals surface area contributed by atoms with Gasteiger partial charge in [-0.15, -0.1) is 10.2 Å². The van der Waals surface area contributed by atoms with Gasteiger partial charge in [-0.05, 0) is 11.3 Å². The van der Waals surface area contributed by atoms with E-state index in [2.05, 4.69) is 20.8 Å². The number of methoxy groups -OCH3 is 1. The Kier molecular flexibility index (Phi) is 4.03. The van der Waals surface area contributed by atoms with Crippen LogP contribution >= 0.6 is 0 Å². The molecular weight excluding hydrogens is 251 g/mol. The van der Waals surface area contributed by atoms with Crippen molar-refractivity contribution in [2.24, 2.45) is 12.9 Å². The molecule has 1 aromatic heterocycles. The molecule has 0 fully saturated rings. The van der Waals surface area contributed by atoms with E-state index in [1.54, 1.807) is 19.2 Å². The van der Waals surface area contributed by atoms with Gasteiger partial charge in [0.25, 0.3) is 0 Å². The van der Waals surface area contributed by atoms with E-state index in [0.717, 1.165) is 0 Å². The summed E-state index contributed by atoms with van der Waals surface area (Å²) >= 11 is 0. The third-order valence-electron chi connectivity index (χ3n) is 2.72. The van der Waals surface area contributed by atoms with Crippen molar-refractivity contribution >= 4 is 0 Å². The van der Waals surface area contributed by atoms with Crippen LogP contribution in [-0.4, -0.2) is 27.3 Å². The number of nitrogens with two attached hydrogens (primary N) is 1. The summed E-state index contributed by atoms with van der Waals surface area (Å²) < 4.78 is 18.9. The van der Waals surface area contributed by atoms with Crippen LogP contribution in [0, 0.1) is 5.82 Å². The number of nitrogens with one attached hydrogen (secondary N) is 1.